The minimum Gasteiger partial charge on any atom is -0.467 e. The molecule has 0 saturated carbocycles. The van der Waals surface area contributed by atoms with Crippen LogP contribution in [0.25, 0.3) is 0 Å². The molecule has 198 valence electrons. The third-order valence-electron chi connectivity index (χ3n) is 6.57. The van der Waals surface area contributed by atoms with Crippen molar-refractivity contribution in [2.24, 2.45) is 0 Å². The van der Waals surface area contributed by atoms with Gasteiger partial charge < -0.3 is 25.2 Å². The molecule has 6 heteroatoms. The van der Waals surface area contributed by atoms with Crippen LogP contribution in [0.15, 0.2) is 0 Å². The highest BCUT2D eigenvalue weighted by molar-refractivity contribution is 5.74. The molecule has 0 aliphatic carbocycles. The molecule has 0 fully saturated rings. The lowest BCUT2D eigenvalue weighted by Crippen LogP contribution is -2.26. The number of hydrogen-bond acceptors (Lipinski definition) is 6. The molecule has 4 N–H and O–H groups in total. The van der Waals surface area contributed by atoms with Crippen LogP contribution in [0.5, 0.6) is 0 Å². The summed E-state index contributed by atoms with van der Waals surface area (Å²) in [5, 5.41) is 39.6. The van der Waals surface area contributed by atoms with Crippen LogP contribution in [0.2, 0.25) is 0 Å². The summed E-state index contributed by atoms with van der Waals surface area (Å²) in [6.07, 6.45) is 17.5. The molecule has 0 aliphatic heterocycles. The third kappa shape index (κ3) is 20.4. The van der Waals surface area contributed by atoms with Gasteiger partial charge in [0.1, 0.15) is 0 Å². The van der Waals surface area contributed by atoms with Gasteiger partial charge in [0.15, 0.2) is 6.10 Å². The maximum absolute atomic E-state index is 11.1. The van der Waals surface area contributed by atoms with Crippen molar-refractivity contribution in [1.29, 1.82) is 0 Å². The summed E-state index contributed by atoms with van der Waals surface area (Å²) < 4.78 is 4.51. The van der Waals surface area contributed by atoms with Crippen molar-refractivity contribution in [3.63, 3.8) is 0 Å². The summed E-state index contributed by atoms with van der Waals surface area (Å²) >= 11 is 0. The van der Waals surface area contributed by atoms with E-state index in [-0.39, 0.29) is 6.10 Å². The Hall–Kier alpha value is -0.690. The van der Waals surface area contributed by atoms with Gasteiger partial charge in [-0.3, -0.25) is 0 Å². The van der Waals surface area contributed by atoms with Crippen LogP contribution < -0.4 is 0 Å². The van der Waals surface area contributed by atoms with Crippen LogP contribution in [0.1, 0.15) is 135 Å². The van der Waals surface area contributed by atoms with Gasteiger partial charge in [-0.05, 0) is 38.5 Å². The van der Waals surface area contributed by atoms with E-state index < -0.39 is 24.3 Å². The fourth-order valence-electron chi connectivity index (χ4n) is 4.24. The van der Waals surface area contributed by atoms with Crippen LogP contribution in [0.4, 0.5) is 0 Å². The van der Waals surface area contributed by atoms with Gasteiger partial charge in [0, 0.05) is 0 Å². The van der Waals surface area contributed by atoms with Gasteiger partial charge >= 0.3 is 5.97 Å². The predicted molar refractivity (Wildman–Crippen MR) is 134 cm³/mol. The summed E-state index contributed by atoms with van der Waals surface area (Å²) in [6.45, 7) is 2.12. The second kappa shape index (κ2) is 23.1. The number of aliphatic hydroxyl groups is 4. The van der Waals surface area contributed by atoms with Crippen molar-refractivity contribution in [3.8, 4) is 0 Å². The first-order chi connectivity index (χ1) is 15.9. The smallest absolute Gasteiger partial charge is 0.334 e. The molecular weight excluding hydrogens is 420 g/mol. The number of carbonyl (C=O) groups excluding carboxylic acids is 1. The molecule has 33 heavy (non-hydrogen) atoms. The highest BCUT2D eigenvalue weighted by Gasteiger charge is 2.16. The van der Waals surface area contributed by atoms with Gasteiger partial charge in [-0.2, -0.15) is 0 Å². The minimum atomic E-state index is -0.969. The summed E-state index contributed by atoms with van der Waals surface area (Å²) in [6, 6.07) is 0. The lowest BCUT2D eigenvalue weighted by Gasteiger charge is -2.18. The summed E-state index contributed by atoms with van der Waals surface area (Å²) in [5.41, 5.74) is 0. The minimum absolute atomic E-state index is 0.270. The van der Waals surface area contributed by atoms with Crippen LogP contribution in [0.3, 0.4) is 0 Å². The summed E-state index contributed by atoms with van der Waals surface area (Å²) in [4.78, 5) is 11.1. The molecule has 4 atom stereocenters. The topological polar surface area (TPSA) is 107 Å². The Kier molecular flexibility index (Phi) is 22.6. The molecule has 0 radical (unpaired) electrons. The first kappa shape index (κ1) is 32.3. The van der Waals surface area contributed by atoms with Gasteiger partial charge in [-0.25, -0.2) is 4.79 Å². The van der Waals surface area contributed by atoms with Crippen molar-refractivity contribution in [3.05, 3.63) is 0 Å². The quantitative estimate of drug-likeness (QED) is 0.110. The van der Waals surface area contributed by atoms with Crippen molar-refractivity contribution >= 4 is 5.97 Å². The van der Waals surface area contributed by atoms with Crippen molar-refractivity contribution in [2.75, 3.05) is 7.11 Å². The number of ether oxygens (including phenoxy) is 1. The number of esters is 1. The summed E-state index contributed by atoms with van der Waals surface area (Å²) in [7, 11) is 1.30. The fourth-order valence-corrected chi connectivity index (χ4v) is 4.24. The van der Waals surface area contributed by atoms with E-state index in [1.54, 1.807) is 0 Å². The molecule has 0 unspecified atom stereocenters. The Morgan fingerprint density at radius 3 is 1.42 bits per heavy atom. The van der Waals surface area contributed by atoms with Gasteiger partial charge in [0.05, 0.1) is 25.4 Å². The molecule has 0 aliphatic rings. The van der Waals surface area contributed by atoms with E-state index in [0.29, 0.717) is 25.7 Å². The van der Waals surface area contributed by atoms with E-state index in [1.165, 1.54) is 52.1 Å². The maximum Gasteiger partial charge on any atom is 0.334 e. The van der Waals surface area contributed by atoms with Crippen LogP contribution in [-0.4, -0.2) is 57.9 Å². The molecule has 0 saturated heterocycles. The third-order valence-corrected chi connectivity index (χ3v) is 6.57. The van der Waals surface area contributed by atoms with Gasteiger partial charge in [-0.15, -0.1) is 0 Å². The number of methoxy groups -OCH3 is 1. The van der Waals surface area contributed by atoms with Gasteiger partial charge in [-0.1, -0.05) is 96.8 Å². The second-order valence-corrected chi connectivity index (χ2v) is 9.72. The van der Waals surface area contributed by atoms with Crippen LogP contribution in [0, 0.1) is 0 Å². The largest absolute Gasteiger partial charge is 0.467 e. The lowest BCUT2D eigenvalue weighted by atomic mass is 9.98. The molecule has 6 nitrogen and oxygen atoms in total. The number of unbranched alkanes of at least 4 members (excludes halogenated alkanes) is 12. The highest BCUT2D eigenvalue weighted by Crippen LogP contribution is 2.16. The molecule has 0 amide bonds. The van der Waals surface area contributed by atoms with Gasteiger partial charge in [0.2, 0.25) is 0 Å². The van der Waals surface area contributed by atoms with Crippen LogP contribution in [-0.2, 0) is 9.53 Å². The van der Waals surface area contributed by atoms with Crippen LogP contribution >= 0.6 is 0 Å². The van der Waals surface area contributed by atoms with E-state index >= 15 is 0 Å². The number of rotatable bonds is 24. The van der Waals surface area contributed by atoms with E-state index in [4.69, 9.17) is 0 Å². The van der Waals surface area contributed by atoms with Gasteiger partial charge in [0.25, 0.3) is 0 Å². The Morgan fingerprint density at radius 2 is 0.970 bits per heavy atom. The normalized spacial score (nSPS) is 15.2. The first-order valence-corrected chi connectivity index (χ1v) is 13.7. The lowest BCUT2D eigenvalue weighted by molar-refractivity contribution is -0.150. The standard InChI is InChI=1S/C27H54O6/c1-3-4-18-23(28)19-17-22-25(30)24(29)20-15-13-11-9-7-5-6-8-10-12-14-16-21-26(31)27(32)33-2/h23-26,28-31H,3-22H2,1-2H3/t23-,24+,25+,26+/m1/s1. The molecular formula is C27H54O6. The van der Waals surface area contributed by atoms with E-state index in [1.807, 2.05) is 0 Å². The van der Waals surface area contributed by atoms with Crippen molar-refractivity contribution < 1.29 is 30.0 Å². The fraction of sp³-hybridized carbons (Fsp3) is 0.963. The van der Waals surface area contributed by atoms with E-state index in [0.717, 1.165) is 57.8 Å². The molecule has 0 rings (SSSR count). The van der Waals surface area contributed by atoms with E-state index in [9.17, 15) is 25.2 Å². The zero-order valence-corrected chi connectivity index (χ0v) is 21.6. The van der Waals surface area contributed by atoms with Crippen molar-refractivity contribution in [1.82, 2.24) is 0 Å². The Labute approximate surface area is 203 Å². The average molecular weight is 475 g/mol. The molecule has 0 aromatic heterocycles. The number of aliphatic hydroxyl groups excluding tert-OH is 4. The Morgan fingerprint density at radius 1 is 0.576 bits per heavy atom. The summed E-state index contributed by atoms with van der Waals surface area (Å²) in [5.74, 6) is -0.534. The molecule has 0 aromatic carbocycles. The SMILES string of the molecule is CCCC[C@@H](O)CCC[C@H](O)[C@@H](O)CCCCCCCCCCCCCC[C@H](O)C(=O)OC. The molecule has 0 heterocycles. The zero-order chi connectivity index (χ0) is 24.7. The first-order valence-electron chi connectivity index (χ1n) is 13.7. The Bertz CT molecular complexity index is 431. The second-order valence-electron chi connectivity index (χ2n) is 9.72. The molecule has 0 spiro atoms. The highest BCUT2D eigenvalue weighted by atomic mass is 16.5. The number of hydrogen-bond donors (Lipinski definition) is 4. The Balaban J connectivity index is 3.39. The predicted octanol–water partition coefficient (Wildman–Crippen LogP) is 5.42. The monoisotopic (exact) mass is 474 g/mol. The van der Waals surface area contributed by atoms with Crippen molar-refractivity contribution in [2.45, 2.75) is 160 Å². The molecule has 0 bridgehead atoms. The molecule has 0 aromatic rings. The zero-order valence-electron chi connectivity index (χ0n) is 21.6. The van der Waals surface area contributed by atoms with E-state index in [2.05, 4.69) is 11.7 Å². The maximum atomic E-state index is 11.1. The average Bonchev–Trinajstić information content (AvgIpc) is 2.81. The number of carbonyl (C=O) groups is 1.